The van der Waals surface area contributed by atoms with Gasteiger partial charge in [0.2, 0.25) is 0 Å². The molecule has 1 aliphatic heterocycles. The first-order valence-electron chi connectivity index (χ1n) is 6.55. The van der Waals surface area contributed by atoms with Gasteiger partial charge in [0.15, 0.2) is 0 Å². The number of amides is 1. The summed E-state index contributed by atoms with van der Waals surface area (Å²) in [6, 6.07) is 5.07. The van der Waals surface area contributed by atoms with E-state index in [1.54, 1.807) is 42.2 Å². The second-order valence-electron chi connectivity index (χ2n) is 4.78. The Labute approximate surface area is 126 Å². The first kappa shape index (κ1) is 13.8. The number of aromatic nitrogens is 1. The molecule has 0 radical (unpaired) electrons. The zero-order valence-electron chi connectivity index (χ0n) is 11.8. The van der Waals surface area contributed by atoms with E-state index in [9.17, 15) is 9.59 Å². The third-order valence-electron chi connectivity index (χ3n) is 3.59. The fraction of sp³-hybridized carbons (Fsp3) is 0.267. The van der Waals surface area contributed by atoms with Gasteiger partial charge in [0.1, 0.15) is 5.75 Å². The molecule has 0 N–H and O–H groups in total. The monoisotopic (exact) mass is 302 g/mol. The number of carbonyl (C=O) groups is 2. The normalized spacial score (nSPS) is 13.7. The molecule has 3 rings (SSSR count). The van der Waals surface area contributed by atoms with Crippen molar-refractivity contribution in [1.82, 2.24) is 4.98 Å². The molecule has 0 fully saturated rings. The second-order valence-corrected chi connectivity index (χ2v) is 5.72. The SMILES string of the molecule is COc1ccc2c(c1)N(CCc1scnc1C)C(=O)C2=O. The molecule has 0 spiro atoms. The number of rotatable bonds is 4. The Morgan fingerprint density at radius 1 is 1.33 bits per heavy atom. The van der Waals surface area contributed by atoms with E-state index in [-0.39, 0.29) is 0 Å². The van der Waals surface area contributed by atoms with Crippen LogP contribution in [-0.4, -0.2) is 30.3 Å². The van der Waals surface area contributed by atoms with Crippen molar-refractivity contribution >= 4 is 28.7 Å². The van der Waals surface area contributed by atoms with Crippen molar-refractivity contribution in [3.63, 3.8) is 0 Å². The lowest BCUT2D eigenvalue weighted by atomic mass is 10.1. The number of thiazole rings is 1. The van der Waals surface area contributed by atoms with E-state index in [0.717, 1.165) is 10.6 Å². The maximum Gasteiger partial charge on any atom is 0.299 e. The number of nitrogens with zero attached hydrogens (tertiary/aromatic N) is 2. The summed E-state index contributed by atoms with van der Waals surface area (Å²) in [5.41, 5.74) is 3.84. The van der Waals surface area contributed by atoms with Gasteiger partial charge in [-0.25, -0.2) is 4.98 Å². The molecule has 1 aromatic carbocycles. The average molecular weight is 302 g/mol. The lowest BCUT2D eigenvalue weighted by Gasteiger charge is -2.16. The number of benzene rings is 1. The van der Waals surface area contributed by atoms with E-state index in [0.29, 0.717) is 30.0 Å². The van der Waals surface area contributed by atoms with Crippen LogP contribution in [-0.2, 0) is 11.2 Å². The number of carbonyl (C=O) groups excluding carboxylic acids is 2. The van der Waals surface area contributed by atoms with Crippen molar-refractivity contribution in [3.8, 4) is 5.75 Å². The van der Waals surface area contributed by atoms with Crippen LogP contribution in [0.5, 0.6) is 5.75 Å². The highest BCUT2D eigenvalue weighted by atomic mass is 32.1. The predicted molar refractivity (Wildman–Crippen MR) is 80.2 cm³/mol. The Hall–Kier alpha value is -2.21. The standard InChI is InChI=1S/C15H14N2O3S/c1-9-13(21-8-16-9)5-6-17-12-7-10(20-2)3-4-11(12)14(18)15(17)19/h3-4,7-8H,5-6H2,1-2H3. The first-order chi connectivity index (χ1) is 10.1. The topological polar surface area (TPSA) is 59.5 Å². The summed E-state index contributed by atoms with van der Waals surface area (Å²) >= 11 is 1.57. The number of hydrogen-bond donors (Lipinski definition) is 0. The zero-order chi connectivity index (χ0) is 15.0. The highest BCUT2D eigenvalue weighted by molar-refractivity contribution is 7.09. The predicted octanol–water partition coefficient (Wildman–Crippen LogP) is 2.23. The summed E-state index contributed by atoms with van der Waals surface area (Å²) in [5.74, 6) is -0.288. The number of Topliss-reactive ketones (excluding diaryl/α,β-unsaturated/α-hetero) is 1. The molecule has 1 aromatic heterocycles. The van der Waals surface area contributed by atoms with Crippen molar-refractivity contribution in [3.05, 3.63) is 39.8 Å². The summed E-state index contributed by atoms with van der Waals surface area (Å²) in [4.78, 5) is 31.0. The number of methoxy groups -OCH3 is 1. The minimum atomic E-state index is -0.472. The molecule has 0 atom stereocenters. The number of anilines is 1. The smallest absolute Gasteiger partial charge is 0.299 e. The Kier molecular flexibility index (Phi) is 3.47. The Balaban J connectivity index is 1.88. The number of fused-ring (bicyclic) bond motifs is 1. The molecule has 6 heteroatoms. The molecule has 1 aliphatic rings. The third-order valence-corrected chi connectivity index (χ3v) is 4.58. The van der Waals surface area contributed by atoms with Gasteiger partial charge in [-0.1, -0.05) is 0 Å². The third kappa shape index (κ3) is 2.31. The van der Waals surface area contributed by atoms with Gasteiger partial charge in [-0.15, -0.1) is 11.3 Å². The van der Waals surface area contributed by atoms with Gasteiger partial charge in [0, 0.05) is 23.9 Å². The van der Waals surface area contributed by atoms with Gasteiger partial charge < -0.3 is 9.64 Å². The molecular weight excluding hydrogens is 288 g/mol. The van der Waals surface area contributed by atoms with E-state index in [1.165, 1.54) is 4.90 Å². The van der Waals surface area contributed by atoms with E-state index in [4.69, 9.17) is 4.74 Å². The molecule has 0 bridgehead atoms. The summed E-state index contributed by atoms with van der Waals surface area (Å²) in [6.07, 6.45) is 0.687. The number of aryl methyl sites for hydroxylation is 1. The largest absolute Gasteiger partial charge is 0.497 e. The van der Waals surface area contributed by atoms with Crippen molar-refractivity contribution in [2.24, 2.45) is 0 Å². The second kappa shape index (κ2) is 5.29. The number of hydrogen-bond acceptors (Lipinski definition) is 5. The van der Waals surface area contributed by atoms with Crippen LogP contribution in [0, 0.1) is 6.92 Å². The van der Waals surface area contributed by atoms with Gasteiger partial charge in [-0.05, 0) is 19.1 Å². The van der Waals surface area contributed by atoms with Crippen molar-refractivity contribution in [1.29, 1.82) is 0 Å². The molecular formula is C15H14N2O3S. The quantitative estimate of drug-likeness (QED) is 0.813. The Morgan fingerprint density at radius 3 is 2.81 bits per heavy atom. The highest BCUT2D eigenvalue weighted by Crippen LogP contribution is 2.32. The Bertz CT molecular complexity index is 723. The van der Waals surface area contributed by atoms with Crippen molar-refractivity contribution < 1.29 is 14.3 Å². The molecule has 1 amide bonds. The molecule has 108 valence electrons. The van der Waals surface area contributed by atoms with Gasteiger partial charge >= 0.3 is 0 Å². The summed E-state index contributed by atoms with van der Waals surface area (Å²) in [6.45, 7) is 2.41. The maximum atomic E-state index is 12.1. The Morgan fingerprint density at radius 2 is 2.14 bits per heavy atom. The van der Waals surface area contributed by atoms with Crippen molar-refractivity contribution in [2.75, 3.05) is 18.6 Å². The molecule has 5 nitrogen and oxygen atoms in total. The molecule has 0 saturated heterocycles. The van der Waals surface area contributed by atoms with Gasteiger partial charge in [-0.3, -0.25) is 9.59 Å². The minimum Gasteiger partial charge on any atom is -0.497 e. The van der Waals surface area contributed by atoms with Gasteiger partial charge in [0.25, 0.3) is 11.7 Å². The van der Waals surface area contributed by atoms with Crippen molar-refractivity contribution in [2.45, 2.75) is 13.3 Å². The van der Waals surface area contributed by atoms with Crippen LogP contribution >= 0.6 is 11.3 Å². The van der Waals surface area contributed by atoms with Crippen LogP contribution in [0.1, 0.15) is 20.9 Å². The summed E-state index contributed by atoms with van der Waals surface area (Å²) in [7, 11) is 1.56. The van der Waals surface area contributed by atoms with Crippen LogP contribution < -0.4 is 9.64 Å². The van der Waals surface area contributed by atoms with Crippen LogP contribution in [0.25, 0.3) is 0 Å². The average Bonchev–Trinajstić information content (AvgIpc) is 3.00. The molecule has 2 heterocycles. The molecule has 0 unspecified atom stereocenters. The molecule has 21 heavy (non-hydrogen) atoms. The molecule has 0 aliphatic carbocycles. The van der Waals surface area contributed by atoms with Crippen LogP contribution in [0.4, 0.5) is 5.69 Å². The lowest BCUT2D eigenvalue weighted by molar-refractivity contribution is -0.114. The number of ether oxygens (including phenoxy) is 1. The van der Waals surface area contributed by atoms with Crippen LogP contribution in [0.15, 0.2) is 23.7 Å². The fourth-order valence-corrected chi connectivity index (χ4v) is 3.17. The first-order valence-corrected chi connectivity index (χ1v) is 7.43. The summed E-state index contributed by atoms with van der Waals surface area (Å²) < 4.78 is 5.17. The molecule has 0 saturated carbocycles. The maximum absolute atomic E-state index is 12.1. The highest BCUT2D eigenvalue weighted by Gasteiger charge is 2.35. The van der Waals surface area contributed by atoms with Gasteiger partial charge in [0.05, 0.1) is 29.6 Å². The van der Waals surface area contributed by atoms with E-state index in [1.807, 2.05) is 6.92 Å². The number of ketones is 1. The van der Waals surface area contributed by atoms with Crippen LogP contribution in [0.3, 0.4) is 0 Å². The van der Waals surface area contributed by atoms with Crippen LogP contribution in [0.2, 0.25) is 0 Å². The van der Waals surface area contributed by atoms with Gasteiger partial charge in [-0.2, -0.15) is 0 Å². The minimum absolute atomic E-state index is 0.446. The van der Waals surface area contributed by atoms with E-state index in [2.05, 4.69) is 4.98 Å². The zero-order valence-corrected chi connectivity index (χ0v) is 12.6. The fourth-order valence-electron chi connectivity index (χ4n) is 2.40. The summed E-state index contributed by atoms with van der Waals surface area (Å²) in [5, 5.41) is 0. The van der Waals surface area contributed by atoms with E-state index >= 15 is 0 Å². The lowest BCUT2D eigenvalue weighted by Crippen LogP contribution is -2.31. The molecule has 2 aromatic rings. The van der Waals surface area contributed by atoms with E-state index < -0.39 is 11.7 Å².